The monoisotopic (exact) mass is 299 g/mol. The molecule has 0 heterocycles. The number of aliphatic hydroxyl groups excluding tert-OH is 1. The number of rotatable bonds is 6. The number of carboxylic acids is 1. The molecule has 4 nitrogen and oxygen atoms in total. The lowest BCUT2D eigenvalue weighted by atomic mass is 9.96. The maximum atomic E-state index is 10.8. The number of nitrogens with zero attached hydrogens (tertiary/aromatic N) is 1. The highest BCUT2D eigenvalue weighted by Gasteiger charge is 2.08. The largest absolute Gasteiger partial charge is 0.481 e. The van der Waals surface area contributed by atoms with Gasteiger partial charge in [0.05, 0.1) is 13.0 Å². The Morgan fingerprint density at radius 3 is 2.50 bits per heavy atom. The van der Waals surface area contributed by atoms with Crippen LogP contribution in [0, 0.1) is 0 Å². The lowest BCUT2D eigenvalue weighted by Crippen LogP contribution is -2.11. The van der Waals surface area contributed by atoms with Crippen molar-refractivity contribution in [3.05, 3.63) is 59.2 Å². The lowest BCUT2D eigenvalue weighted by Gasteiger charge is -2.14. The van der Waals surface area contributed by atoms with E-state index >= 15 is 0 Å². The van der Waals surface area contributed by atoms with Crippen molar-refractivity contribution in [2.75, 3.05) is 14.1 Å². The maximum absolute atomic E-state index is 10.8. The van der Waals surface area contributed by atoms with E-state index in [2.05, 4.69) is 4.90 Å². The zero-order chi connectivity index (χ0) is 16.1. The SMILES string of the molecule is CN(C)Cc1ccc(-c2cccc(CC(=O)O)c2)c(CO)c1. The van der Waals surface area contributed by atoms with Crippen LogP contribution < -0.4 is 0 Å². The smallest absolute Gasteiger partial charge is 0.307 e. The van der Waals surface area contributed by atoms with Crippen molar-refractivity contribution in [3.63, 3.8) is 0 Å². The van der Waals surface area contributed by atoms with E-state index in [0.29, 0.717) is 0 Å². The second kappa shape index (κ2) is 7.20. The van der Waals surface area contributed by atoms with Crippen LogP contribution in [0.15, 0.2) is 42.5 Å². The molecule has 0 saturated carbocycles. The van der Waals surface area contributed by atoms with Crippen LogP contribution in [0.1, 0.15) is 16.7 Å². The molecule has 0 aliphatic rings. The molecule has 2 N–H and O–H groups in total. The van der Waals surface area contributed by atoms with Gasteiger partial charge < -0.3 is 15.1 Å². The Hall–Kier alpha value is -2.17. The van der Waals surface area contributed by atoms with E-state index in [1.807, 2.05) is 50.5 Å². The van der Waals surface area contributed by atoms with Crippen molar-refractivity contribution in [1.82, 2.24) is 4.90 Å². The van der Waals surface area contributed by atoms with Gasteiger partial charge in [-0.3, -0.25) is 4.79 Å². The van der Waals surface area contributed by atoms with Gasteiger partial charge in [-0.15, -0.1) is 0 Å². The number of hydrogen-bond donors (Lipinski definition) is 2. The van der Waals surface area contributed by atoms with E-state index < -0.39 is 5.97 Å². The minimum atomic E-state index is -0.846. The van der Waals surface area contributed by atoms with Crippen LogP contribution in [0.5, 0.6) is 0 Å². The molecule has 0 aliphatic heterocycles. The zero-order valence-corrected chi connectivity index (χ0v) is 12.9. The summed E-state index contributed by atoms with van der Waals surface area (Å²) in [6.45, 7) is 0.770. The molecule has 0 bridgehead atoms. The molecule has 0 spiro atoms. The highest BCUT2D eigenvalue weighted by Crippen LogP contribution is 2.26. The van der Waals surface area contributed by atoms with Gasteiger partial charge in [0, 0.05) is 6.54 Å². The highest BCUT2D eigenvalue weighted by molar-refractivity contribution is 5.73. The molecule has 0 aromatic heterocycles. The summed E-state index contributed by atoms with van der Waals surface area (Å²) < 4.78 is 0. The van der Waals surface area contributed by atoms with E-state index in [-0.39, 0.29) is 13.0 Å². The van der Waals surface area contributed by atoms with Gasteiger partial charge in [0.2, 0.25) is 0 Å². The van der Waals surface area contributed by atoms with Gasteiger partial charge in [0.1, 0.15) is 0 Å². The van der Waals surface area contributed by atoms with Gasteiger partial charge in [0.25, 0.3) is 0 Å². The molecule has 0 saturated heterocycles. The molecule has 2 rings (SSSR count). The second-order valence-electron chi connectivity index (χ2n) is 5.66. The Morgan fingerprint density at radius 2 is 1.86 bits per heavy atom. The number of carbonyl (C=O) groups is 1. The average Bonchev–Trinajstić information content (AvgIpc) is 2.46. The van der Waals surface area contributed by atoms with Crippen LogP contribution in [-0.2, 0) is 24.4 Å². The Balaban J connectivity index is 2.37. The fourth-order valence-corrected chi connectivity index (χ4v) is 2.55. The van der Waals surface area contributed by atoms with Crippen molar-refractivity contribution in [2.45, 2.75) is 19.6 Å². The lowest BCUT2D eigenvalue weighted by molar-refractivity contribution is -0.136. The minimum absolute atomic E-state index is 0.00100. The first-order valence-corrected chi connectivity index (χ1v) is 7.18. The molecule has 0 amide bonds. The van der Waals surface area contributed by atoms with Crippen LogP contribution in [0.4, 0.5) is 0 Å². The first kappa shape index (κ1) is 16.2. The summed E-state index contributed by atoms with van der Waals surface area (Å²) in [6, 6.07) is 13.5. The molecule has 4 heteroatoms. The molecular weight excluding hydrogens is 278 g/mol. The normalized spacial score (nSPS) is 10.9. The first-order chi connectivity index (χ1) is 10.5. The number of hydrogen-bond acceptors (Lipinski definition) is 3. The highest BCUT2D eigenvalue weighted by atomic mass is 16.4. The third kappa shape index (κ3) is 4.16. The van der Waals surface area contributed by atoms with Crippen LogP contribution >= 0.6 is 0 Å². The summed E-state index contributed by atoms with van der Waals surface area (Å²) in [5.41, 5.74) is 4.62. The second-order valence-corrected chi connectivity index (χ2v) is 5.66. The maximum Gasteiger partial charge on any atom is 0.307 e. The van der Waals surface area contributed by atoms with Gasteiger partial charge in [-0.2, -0.15) is 0 Å². The molecule has 0 unspecified atom stereocenters. The molecule has 0 aliphatic carbocycles. The summed E-state index contributed by atoms with van der Waals surface area (Å²) in [4.78, 5) is 12.9. The predicted molar refractivity (Wildman–Crippen MR) is 86.5 cm³/mol. The van der Waals surface area contributed by atoms with Gasteiger partial charge in [-0.1, -0.05) is 42.5 Å². The van der Waals surface area contributed by atoms with Gasteiger partial charge in [-0.05, 0) is 41.9 Å². The Labute approximate surface area is 130 Å². The first-order valence-electron chi connectivity index (χ1n) is 7.18. The molecule has 0 atom stereocenters. The molecule has 2 aromatic rings. The number of carboxylic acid groups (broad SMARTS) is 1. The van der Waals surface area contributed by atoms with Crippen LogP contribution in [-0.4, -0.2) is 35.2 Å². The third-order valence-electron chi connectivity index (χ3n) is 3.43. The van der Waals surface area contributed by atoms with E-state index in [1.54, 1.807) is 6.07 Å². The van der Waals surface area contributed by atoms with Crippen LogP contribution in [0.25, 0.3) is 11.1 Å². The zero-order valence-electron chi connectivity index (χ0n) is 12.9. The molecule has 0 fully saturated rings. The van der Waals surface area contributed by atoms with Crippen molar-refractivity contribution in [1.29, 1.82) is 0 Å². The molecule has 2 aromatic carbocycles. The number of benzene rings is 2. The van der Waals surface area contributed by atoms with Crippen molar-refractivity contribution < 1.29 is 15.0 Å². The van der Waals surface area contributed by atoms with Gasteiger partial charge in [-0.25, -0.2) is 0 Å². The summed E-state index contributed by atoms with van der Waals surface area (Å²) in [6.07, 6.45) is 0.00100. The quantitative estimate of drug-likeness (QED) is 0.860. The summed E-state index contributed by atoms with van der Waals surface area (Å²) in [5, 5.41) is 18.6. The van der Waals surface area contributed by atoms with Crippen molar-refractivity contribution in [2.24, 2.45) is 0 Å². The van der Waals surface area contributed by atoms with E-state index in [4.69, 9.17) is 5.11 Å². The van der Waals surface area contributed by atoms with E-state index in [0.717, 1.165) is 34.4 Å². The number of aliphatic hydroxyl groups is 1. The fourth-order valence-electron chi connectivity index (χ4n) is 2.55. The molecule has 116 valence electrons. The fraction of sp³-hybridized carbons (Fsp3) is 0.278. The van der Waals surface area contributed by atoms with Gasteiger partial charge in [0.15, 0.2) is 0 Å². The average molecular weight is 299 g/mol. The van der Waals surface area contributed by atoms with Crippen molar-refractivity contribution >= 4 is 5.97 Å². The minimum Gasteiger partial charge on any atom is -0.481 e. The summed E-state index contributed by atoms with van der Waals surface area (Å²) >= 11 is 0. The number of aliphatic carboxylic acids is 1. The summed E-state index contributed by atoms with van der Waals surface area (Å²) in [5.74, 6) is -0.846. The van der Waals surface area contributed by atoms with Gasteiger partial charge >= 0.3 is 5.97 Å². The Kier molecular flexibility index (Phi) is 5.31. The molecule has 0 radical (unpaired) electrons. The standard InChI is InChI=1S/C18H21NO3/c1-19(2)11-14-6-7-17(16(9-14)12-20)15-5-3-4-13(8-15)10-18(21)22/h3-9,20H,10-12H2,1-2H3,(H,21,22). The van der Waals surface area contributed by atoms with E-state index in [1.165, 1.54) is 0 Å². The van der Waals surface area contributed by atoms with E-state index in [9.17, 15) is 9.90 Å². The molecule has 22 heavy (non-hydrogen) atoms. The third-order valence-corrected chi connectivity index (χ3v) is 3.43. The topological polar surface area (TPSA) is 60.8 Å². The van der Waals surface area contributed by atoms with Crippen LogP contribution in [0.3, 0.4) is 0 Å². The van der Waals surface area contributed by atoms with Crippen molar-refractivity contribution in [3.8, 4) is 11.1 Å². The predicted octanol–water partition coefficient (Wildman–Crippen LogP) is 2.53. The summed E-state index contributed by atoms with van der Waals surface area (Å²) in [7, 11) is 4.00. The Bertz CT molecular complexity index is 665. The van der Waals surface area contributed by atoms with Crippen LogP contribution in [0.2, 0.25) is 0 Å². The molecular formula is C18H21NO3. The Morgan fingerprint density at radius 1 is 1.09 bits per heavy atom.